The molecule has 0 spiro atoms. The van der Waals surface area contributed by atoms with Crippen molar-refractivity contribution in [2.75, 3.05) is 19.7 Å². The zero-order valence-electron chi connectivity index (χ0n) is 11.4. The zero-order chi connectivity index (χ0) is 13.8. The van der Waals surface area contributed by atoms with Gasteiger partial charge in [0, 0.05) is 23.2 Å². The van der Waals surface area contributed by atoms with Crippen molar-refractivity contribution in [3.8, 4) is 11.8 Å². The second-order valence-corrected chi connectivity index (χ2v) is 5.29. The van der Waals surface area contributed by atoms with E-state index in [1.807, 2.05) is 36.4 Å². The molecule has 1 aliphatic rings. The summed E-state index contributed by atoms with van der Waals surface area (Å²) in [6, 6.07) is 13.9. The lowest BCUT2D eigenvalue weighted by atomic mass is 10.0. The molecule has 0 radical (unpaired) electrons. The fourth-order valence-corrected chi connectivity index (χ4v) is 2.77. The Balaban J connectivity index is 1.83. The fourth-order valence-electron chi connectivity index (χ4n) is 2.77. The van der Waals surface area contributed by atoms with Gasteiger partial charge in [-0.05, 0) is 31.5 Å². The van der Waals surface area contributed by atoms with Crippen LogP contribution in [0.4, 0.5) is 0 Å². The minimum Gasteiger partial charge on any atom is -0.493 e. The molecule has 1 unspecified atom stereocenters. The summed E-state index contributed by atoms with van der Waals surface area (Å²) in [7, 11) is 0. The van der Waals surface area contributed by atoms with Crippen LogP contribution < -0.4 is 10.1 Å². The molecule has 1 N–H and O–H groups in total. The number of rotatable bonds is 3. The van der Waals surface area contributed by atoms with Crippen LogP contribution in [0.15, 0.2) is 36.4 Å². The number of piperidine rings is 1. The van der Waals surface area contributed by atoms with E-state index in [9.17, 15) is 0 Å². The Kier molecular flexibility index (Phi) is 3.85. The van der Waals surface area contributed by atoms with Crippen LogP contribution >= 0.6 is 0 Å². The Bertz CT molecular complexity index is 639. The van der Waals surface area contributed by atoms with Crippen molar-refractivity contribution in [3.05, 3.63) is 42.0 Å². The highest BCUT2D eigenvalue weighted by Gasteiger charge is 2.14. The highest BCUT2D eigenvalue weighted by atomic mass is 16.5. The van der Waals surface area contributed by atoms with E-state index in [2.05, 4.69) is 11.4 Å². The van der Waals surface area contributed by atoms with Gasteiger partial charge in [0.1, 0.15) is 5.75 Å². The van der Waals surface area contributed by atoms with Crippen molar-refractivity contribution in [1.82, 2.24) is 5.32 Å². The number of hydrogen-bond donors (Lipinski definition) is 1. The molecule has 102 valence electrons. The first-order valence-corrected chi connectivity index (χ1v) is 7.14. The molecule has 0 aromatic heterocycles. The monoisotopic (exact) mass is 266 g/mol. The second-order valence-electron chi connectivity index (χ2n) is 5.29. The topological polar surface area (TPSA) is 45.0 Å². The van der Waals surface area contributed by atoms with E-state index in [0.717, 1.165) is 36.2 Å². The van der Waals surface area contributed by atoms with E-state index in [1.54, 1.807) is 0 Å². The van der Waals surface area contributed by atoms with Crippen molar-refractivity contribution in [1.29, 1.82) is 5.26 Å². The molecule has 3 heteroatoms. The van der Waals surface area contributed by atoms with Gasteiger partial charge in [-0.15, -0.1) is 0 Å². The molecule has 1 atom stereocenters. The minimum absolute atomic E-state index is 0.582. The summed E-state index contributed by atoms with van der Waals surface area (Å²) < 4.78 is 6.01. The molecule has 1 heterocycles. The normalized spacial score (nSPS) is 18.6. The van der Waals surface area contributed by atoms with Gasteiger partial charge in [-0.25, -0.2) is 0 Å². The molecule has 2 aromatic carbocycles. The van der Waals surface area contributed by atoms with Crippen LogP contribution in [0.5, 0.6) is 5.75 Å². The van der Waals surface area contributed by atoms with Gasteiger partial charge >= 0.3 is 0 Å². The molecule has 0 amide bonds. The predicted molar refractivity (Wildman–Crippen MR) is 79.8 cm³/mol. The van der Waals surface area contributed by atoms with Crippen molar-refractivity contribution in [3.63, 3.8) is 0 Å². The summed E-state index contributed by atoms with van der Waals surface area (Å²) in [4.78, 5) is 0. The van der Waals surface area contributed by atoms with Crippen LogP contribution in [0.25, 0.3) is 10.8 Å². The number of nitriles is 1. The number of benzene rings is 2. The molecular formula is C17H18N2O. The van der Waals surface area contributed by atoms with Crippen molar-refractivity contribution in [2.24, 2.45) is 5.92 Å². The highest BCUT2D eigenvalue weighted by molar-refractivity contribution is 5.92. The minimum atomic E-state index is 0.582. The molecule has 20 heavy (non-hydrogen) atoms. The molecule has 1 fully saturated rings. The van der Waals surface area contributed by atoms with Gasteiger partial charge in [-0.2, -0.15) is 5.26 Å². The third kappa shape index (κ3) is 2.61. The smallest absolute Gasteiger partial charge is 0.127 e. The summed E-state index contributed by atoms with van der Waals surface area (Å²) >= 11 is 0. The van der Waals surface area contributed by atoms with Crippen LogP contribution in [-0.4, -0.2) is 19.7 Å². The quantitative estimate of drug-likeness (QED) is 0.928. The number of hydrogen-bond acceptors (Lipinski definition) is 3. The number of fused-ring (bicyclic) bond motifs is 1. The molecule has 0 aliphatic carbocycles. The van der Waals surface area contributed by atoms with Gasteiger partial charge in [0.15, 0.2) is 0 Å². The van der Waals surface area contributed by atoms with Gasteiger partial charge in [-0.1, -0.05) is 24.3 Å². The molecule has 0 bridgehead atoms. The Morgan fingerprint density at radius 2 is 2.05 bits per heavy atom. The first kappa shape index (κ1) is 13.0. The van der Waals surface area contributed by atoms with Crippen molar-refractivity contribution >= 4 is 10.8 Å². The number of nitrogens with zero attached hydrogens (tertiary/aromatic N) is 1. The van der Waals surface area contributed by atoms with Crippen LogP contribution in [0.3, 0.4) is 0 Å². The van der Waals surface area contributed by atoms with Gasteiger partial charge < -0.3 is 10.1 Å². The fraction of sp³-hybridized carbons (Fsp3) is 0.353. The maximum Gasteiger partial charge on any atom is 0.127 e. The average Bonchev–Trinajstić information content (AvgIpc) is 2.53. The van der Waals surface area contributed by atoms with Crippen LogP contribution in [0.1, 0.15) is 18.4 Å². The lowest BCUT2D eigenvalue weighted by Crippen LogP contribution is -2.33. The summed E-state index contributed by atoms with van der Waals surface area (Å²) in [6.07, 6.45) is 2.45. The lowest BCUT2D eigenvalue weighted by Gasteiger charge is -2.23. The first-order chi connectivity index (χ1) is 9.88. The summed E-state index contributed by atoms with van der Waals surface area (Å²) in [5.74, 6) is 1.46. The van der Waals surface area contributed by atoms with Crippen molar-refractivity contribution in [2.45, 2.75) is 12.8 Å². The molecule has 3 rings (SSSR count). The Labute approximate surface area is 119 Å². The summed E-state index contributed by atoms with van der Waals surface area (Å²) in [6.45, 7) is 2.90. The van der Waals surface area contributed by atoms with Crippen LogP contribution in [-0.2, 0) is 0 Å². The Morgan fingerprint density at radius 1 is 1.20 bits per heavy atom. The average molecular weight is 266 g/mol. The van der Waals surface area contributed by atoms with Crippen molar-refractivity contribution < 1.29 is 4.74 Å². The first-order valence-electron chi connectivity index (χ1n) is 7.14. The van der Waals surface area contributed by atoms with E-state index in [4.69, 9.17) is 10.00 Å². The van der Waals surface area contributed by atoms with E-state index in [0.29, 0.717) is 11.5 Å². The Morgan fingerprint density at radius 3 is 2.80 bits per heavy atom. The summed E-state index contributed by atoms with van der Waals surface area (Å²) in [5.41, 5.74) is 0.701. The zero-order valence-corrected chi connectivity index (χ0v) is 11.4. The second kappa shape index (κ2) is 5.94. The molecular weight excluding hydrogens is 248 g/mol. The third-order valence-electron chi connectivity index (χ3n) is 3.88. The maximum absolute atomic E-state index is 9.16. The van der Waals surface area contributed by atoms with Crippen LogP contribution in [0, 0.1) is 17.2 Å². The van der Waals surface area contributed by atoms with Crippen LogP contribution in [0.2, 0.25) is 0 Å². The van der Waals surface area contributed by atoms with Gasteiger partial charge in [0.05, 0.1) is 18.2 Å². The predicted octanol–water partition coefficient (Wildman–Crippen LogP) is 3.09. The number of ether oxygens (including phenoxy) is 1. The summed E-state index contributed by atoms with van der Waals surface area (Å²) in [5, 5.41) is 14.6. The van der Waals surface area contributed by atoms with E-state index in [1.165, 1.54) is 12.8 Å². The molecule has 3 nitrogen and oxygen atoms in total. The van der Waals surface area contributed by atoms with Gasteiger partial charge in [0.2, 0.25) is 0 Å². The standard InChI is InChI=1S/C17H18N2O/c18-10-14-7-8-17(16-6-2-1-5-15(14)16)20-12-13-4-3-9-19-11-13/h1-2,5-8,13,19H,3-4,9,11-12H2. The lowest BCUT2D eigenvalue weighted by molar-refractivity contribution is 0.220. The SMILES string of the molecule is N#Cc1ccc(OCC2CCCNC2)c2ccccc12. The van der Waals surface area contributed by atoms with E-state index < -0.39 is 0 Å². The van der Waals surface area contributed by atoms with Gasteiger partial charge in [-0.3, -0.25) is 0 Å². The van der Waals surface area contributed by atoms with Gasteiger partial charge in [0.25, 0.3) is 0 Å². The number of nitrogens with one attached hydrogen (secondary N) is 1. The highest BCUT2D eigenvalue weighted by Crippen LogP contribution is 2.28. The molecule has 1 saturated heterocycles. The largest absolute Gasteiger partial charge is 0.493 e. The molecule has 1 aliphatic heterocycles. The maximum atomic E-state index is 9.16. The third-order valence-corrected chi connectivity index (χ3v) is 3.88. The Hall–Kier alpha value is -2.05. The van der Waals surface area contributed by atoms with E-state index in [-0.39, 0.29) is 0 Å². The van der Waals surface area contributed by atoms with E-state index >= 15 is 0 Å². The molecule has 0 saturated carbocycles. The molecule has 2 aromatic rings.